The molecule has 0 saturated heterocycles. The highest BCUT2D eigenvalue weighted by Crippen LogP contribution is 2.26. The van der Waals surface area contributed by atoms with Crippen molar-refractivity contribution in [1.29, 1.82) is 0 Å². The van der Waals surface area contributed by atoms with Gasteiger partial charge >= 0.3 is 5.97 Å². The van der Waals surface area contributed by atoms with Gasteiger partial charge in [-0.15, -0.1) is 0 Å². The summed E-state index contributed by atoms with van der Waals surface area (Å²) in [6.07, 6.45) is 3.95. The fraction of sp³-hybridized carbons (Fsp3) is 0.500. The number of carbonyl (C=O) groups is 2. The maximum atomic E-state index is 12.8. The molecule has 0 radical (unpaired) electrons. The standard InChI is InChI=1S/C16H21NO3/c1-11-6-5-7-12(2)15(11)16(20)17(10-14(18)19)13-8-3-4-9-13/h5-7,13H,3-4,8-10H2,1-2H3,(H,18,19). The molecule has 1 N–H and O–H groups in total. The topological polar surface area (TPSA) is 57.6 Å². The van der Waals surface area contributed by atoms with Crippen molar-refractivity contribution in [3.63, 3.8) is 0 Å². The normalized spacial score (nSPS) is 15.3. The molecule has 1 saturated carbocycles. The molecule has 1 aromatic carbocycles. The van der Waals surface area contributed by atoms with Crippen molar-refractivity contribution < 1.29 is 14.7 Å². The van der Waals surface area contributed by atoms with Gasteiger partial charge in [0.05, 0.1) is 0 Å². The lowest BCUT2D eigenvalue weighted by atomic mass is 10.0. The van der Waals surface area contributed by atoms with Crippen molar-refractivity contribution in [2.24, 2.45) is 0 Å². The summed E-state index contributed by atoms with van der Waals surface area (Å²) in [7, 11) is 0. The third-order valence-electron chi connectivity index (χ3n) is 4.03. The number of aryl methyl sites for hydroxylation is 2. The van der Waals surface area contributed by atoms with Gasteiger partial charge in [0.1, 0.15) is 6.54 Å². The molecule has 2 rings (SSSR count). The average Bonchev–Trinajstić information content (AvgIpc) is 2.88. The molecule has 1 aliphatic carbocycles. The average molecular weight is 275 g/mol. The fourth-order valence-electron chi connectivity index (χ4n) is 3.02. The van der Waals surface area contributed by atoms with E-state index >= 15 is 0 Å². The Morgan fingerprint density at radius 2 is 1.75 bits per heavy atom. The summed E-state index contributed by atoms with van der Waals surface area (Å²) in [6.45, 7) is 3.58. The second kappa shape index (κ2) is 6.07. The van der Waals surface area contributed by atoms with E-state index in [0.717, 1.165) is 36.8 Å². The number of benzene rings is 1. The van der Waals surface area contributed by atoms with E-state index in [0.29, 0.717) is 5.56 Å². The Morgan fingerprint density at radius 1 is 1.20 bits per heavy atom. The summed E-state index contributed by atoms with van der Waals surface area (Å²) in [4.78, 5) is 25.4. The van der Waals surface area contributed by atoms with Crippen LogP contribution in [0, 0.1) is 13.8 Å². The largest absolute Gasteiger partial charge is 0.480 e. The molecule has 108 valence electrons. The van der Waals surface area contributed by atoms with Crippen LogP contribution in [0.1, 0.15) is 47.2 Å². The van der Waals surface area contributed by atoms with Crippen molar-refractivity contribution in [2.75, 3.05) is 6.54 Å². The molecule has 0 unspecified atom stereocenters. The van der Waals surface area contributed by atoms with Crippen LogP contribution in [0.5, 0.6) is 0 Å². The lowest BCUT2D eigenvalue weighted by Crippen LogP contribution is -2.42. The maximum absolute atomic E-state index is 12.8. The molecule has 0 bridgehead atoms. The zero-order chi connectivity index (χ0) is 14.7. The first-order chi connectivity index (χ1) is 9.50. The molecule has 0 aliphatic heterocycles. The number of carboxylic acids is 1. The van der Waals surface area contributed by atoms with Crippen molar-refractivity contribution >= 4 is 11.9 Å². The van der Waals surface area contributed by atoms with Gasteiger partial charge in [0.2, 0.25) is 0 Å². The van der Waals surface area contributed by atoms with E-state index in [2.05, 4.69) is 0 Å². The quantitative estimate of drug-likeness (QED) is 0.919. The van der Waals surface area contributed by atoms with Crippen LogP contribution in [0.3, 0.4) is 0 Å². The molecule has 0 atom stereocenters. The van der Waals surface area contributed by atoms with Crippen LogP contribution < -0.4 is 0 Å². The first-order valence-corrected chi connectivity index (χ1v) is 7.09. The van der Waals surface area contributed by atoms with E-state index in [1.54, 1.807) is 4.90 Å². The molecule has 1 fully saturated rings. The minimum atomic E-state index is -0.948. The summed E-state index contributed by atoms with van der Waals surface area (Å²) in [5.41, 5.74) is 2.47. The van der Waals surface area contributed by atoms with Crippen LogP contribution in [0.4, 0.5) is 0 Å². The third kappa shape index (κ3) is 3.00. The van der Waals surface area contributed by atoms with Crippen molar-refractivity contribution in [3.05, 3.63) is 34.9 Å². The Bertz CT molecular complexity index is 498. The molecular weight excluding hydrogens is 254 g/mol. The Labute approximate surface area is 119 Å². The van der Waals surface area contributed by atoms with Gasteiger partial charge < -0.3 is 10.0 Å². The number of hydrogen-bond donors (Lipinski definition) is 1. The van der Waals surface area contributed by atoms with E-state index < -0.39 is 5.97 Å². The summed E-state index contributed by atoms with van der Waals surface area (Å²) in [6, 6.07) is 5.78. The highest BCUT2D eigenvalue weighted by Gasteiger charge is 2.30. The third-order valence-corrected chi connectivity index (χ3v) is 4.03. The molecule has 1 amide bonds. The van der Waals surface area contributed by atoms with E-state index in [4.69, 9.17) is 5.11 Å². The number of amides is 1. The van der Waals surface area contributed by atoms with Gasteiger partial charge in [-0.3, -0.25) is 9.59 Å². The van der Waals surface area contributed by atoms with Gasteiger partial charge in [0.25, 0.3) is 5.91 Å². The van der Waals surface area contributed by atoms with Gasteiger partial charge in [-0.25, -0.2) is 0 Å². The predicted octanol–water partition coefficient (Wildman–Crippen LogP) is 2.77. The van der Waals surface area contributed by atoms with Crippen LogP contribution in [0.25, 0.3) is 0 Å². The van der Waals surface area contributed by atoms with Crippen LogP contribution in [-0.4, -0.2) is 34.5 Å². The molecule has 20 heavy (non-hydrogen) atoms. The number of hydrogen-bond acceptors (Lipinski definition) is 2. The van der Waals surface area contributed by atoms with Gasteiger partial charge in [-0.2, -0.15) is 0 Å². The minimum Gasteiger partial charge on any atom is -0.480 e. The lowest BCUT2D eigenvalue weighted by molar-refractivity contribution is -0.138. The van der Waals surface area contributed by atoms with Crippen LogP contribution >= 0.6 is 0 Å². The van der Waals surface area contributed by atoms with E-state index in [1.165, 1.54) is 0 Å². The lowest BCUT2D eigenvalue weighted by Gasteiger charge is -2.28. The Morgan fingerprint density at radius 3 is 2.25 bits per heavy atom. The summed E-state index contributed by atoms with van der Waals surface area (Å²) >= 11 is 0. The summed E-state index contributed by atoms with van der Waals surface area (Å²) < 4.78 is 0. The SMILES string of the molecule is Cc1cccc(C)c1C(=O)N(CC(=O)O)C1CCCC1. The first-order valence-electron chi connectivity index (χ1n) is 7.09. The zero-order valence-corrected chi connectivity index (χ0v) is 12.1. The first kappa shape index (κ1) is 14.6. The molecule has 4 nitrogen and oxygen atoms in total. The molecule has 4 heteroatoms. The van der Waals surface area contributed by atoms with Crippen molar-refractivity contribution in [3.8, 4) is 0 Å². The minimum absolute atomic E-state index is 0.0672. The van der Waals surface area contributed by atoms with Gasteiger partial charge in [0, 0.05) is 11.6 Å². The zero-order valence-electron chi connectivity index (χ0n) is 12.1. The number of rotatable bonds is 4. The second-order valence-corrected chi connectivity index (χ2v) is 5.53. The van der Waals surface area contributed by atoms with E-state index in [1.807, 2.05) is 32.0 Å². The molecule has 0 spiro atoms. The molecule has 0 aromatic heterocycles. The summed E-state index contributed by atoms with van der Waals surface area (Å²) in [5.74, 6) is -1.09. The van der Waals surface area contributed by atoms with Crippen LogP contribution in [0.15, 0.2) is 18.2 Å². The van der Waals surface area contributed by atoms with Crippen molar-refractivity contribution in [2.45, 2.75) is 45.6 Å². The highest BCUT2D eigenvalue weighted by molar-refractivity contribution is 5.98. The Kier molecular flexibility index (Phi) is 4.42. The molecule has 0 heterocycles. The predicted molar refractivity (Wildman–Crippen MR) is 76.8 cm³/mol. The highest BCUT2D eigenvalue weighted by atomic mass is 16.4. The molecular formula is C16H21NO3. The van der Waals surface area contributed by atoms with Gasteiger partial charge in [-0.05, 0) is 37.8 Å². The fourth-order valence-corrected chi connectivity index (χ4v) is 3.02. The van der Waals surface area contributed by atoms with Crippen LogP contribution in [-0.2, 0) is 4.79 Å². The maximum Gasteiger partial charge on any atom is 0.323 e. The monoisotopic (exact) mass is 275 g/mol. The number of aliphatic carboxylic acids is 1. The Hall–Kier alpha value is -1.84. The number of carboxylic acid groups (broad SMARTS) is 1. The van der Waals surface area contributed by atoms with Crippen molar-refractivity contribution in [1.82, 2.24) is 4.90 Å². The van der Waals surface area contributed by atoms with E-state index in [9.17, 15) is 9.59 Å². The Balaban J connectivity index is 2.32. The molecule has 1 aliphatic rings. The summed E-state index contributed by atoms with van der Waals surface area (Å²) in [5, 5.41) is 9.08. The number of carbonyl (C=O) groups excluding carboxylic acids is 1. The van der Waals surface area contributed by atoms with Gasteiger partial charge in [-0.1, -0.05) is 31.0 Å². The van der Waals surface area contributed by atoms with Gasteiger partial charge in [0.15, 0.2) is 0 Å². The van der Waals surface area contributed by atoms with Crippen LogP contribution in [0.2, 0.25) is 0 Å². The smallest absolute Gasteiger partial charge is 0.323 e. The van der Waals surface area contributed by atoms with E-state index in [-0.39, 0.29) is 18.5 Å². The molecule has 1 aromatic rings. The second-order valence-electron chi connectivity index (χ2n) is 5.53. The number of nitrogens with zero attached hydrogens (tertiary/aromatic N) is 1.